The lowest BCUT2D eigenvalue weighted by molar-refractivity contribution is -0.139. The van der Waals surface area contributed by atoms with E-state index in [0.717, 1.165) is 15.4 Å². The van der Waals surface area contributed by atoms with Gasteiger partial charge in [-0.2, -0.15) is 0 Å². The summed E-state index contributed by atoms with van der Waals surface area (Å²) in [6.07, 6.45) is 0.239. The van der Waals surface area contributed by atoms with Crippen molar-refractivity contribution in [1.29, 1.82) is 0 Å². The average Bonchev–Trinajstić information content (AvgIpc) is 2.98. The first kappa shape index (κ1) is 29.8. The zero-order chi connectivity index (χ0) is 29.4. The summed E-state index contributed by atoms with van der Waals surface area (Å²) in [7, 11) is -2.61. The van der Waals surface area contributed by atoms with Gasteiger partial charge in [-0.15, -0.1) is 0 Å². The molecular formula is C32H32ClN3O4S. The van der Waals surface area contributed by atoms with Gasteiger partial charge in [0.15, 0.2) is 0 Å². The van der Waals surface area contributed by atoms with Gasteiger partial charge in [-0.05, 0) is 54.4 Å². The molecule has 1 unspecified atom stereocenters. The van der Waals surface area contributed by atoms with E-state index < -0.39 is 28.5 Å². The Balaban J connectivity index is 1.77. The van der Waals surface area contributed by atoms with Gasteiger partial charge in [0.25, 0.3) is 10.0 Å². The minimum absolute atomic E-state index is 0.0531. The van der Waals surface area contributed by atoms with Crippen LogP contribution in [0.1, 0.15) is 16.7 Å². The third-order valence-corrected chi connectivity index (χ3v) is 8.71. The number of carbonyl (C=O) groups is 2. The minimum atomic E-state index is -4.13. The molecule has 0 fully saturated rings. The quantitative estimate of drug-likeness (QED) is 0.260. The summed E-state index contributed by atoms with van der Waals surface area (Å²) in [5.41, 5.74) is 2.81. The van der Waals surface area contributed by atoms with Crippen molar-refractivity contribution in [2.24, 2.45) is 0 Å². The second-order valence-electron chi connectivity index (χ2n) is 9.63. The smallest absolute Gasteiger partial charge is 0.264 e. The summed E-state index contributed by atoms with van der Waals surface area (Å²) in [5, 5.41) is 3.16. The van der Waals surface area contributed by atoms with Crippen molar-refractivity contribution in [3.63, 3.8) is 0 Å². The monoisotopic (exact) mass is 589 g/mol. The summed E-state index contributed by atoms with van der Waals surface area (Å²) in [6.45, 7) is 1.41. The molecule has 0 aliphatic heterocycles. The Hall–Kier alpha value is -4.14. The number of rotatable bonds is 11. The van der Waals surface area contributed by atoms with Gasteiger partial charge in [-0.1, -0.05) is 90.0 Å². The summed E-state index contributed by atoms with van der Waals surface area (Å²) in [4.78, 5) is 29.0. The Morgan fingerprint density at radius 2 is 1.44 bits per heavy atom. The summed E-state index contributed by atoms with van der Waals surface area (Å²) in [5.74, 6) is -0.897. The van der Waals surface area contributed by atoms with Crippen molar-refractivity contribution in [3.05, 3.63) is 131 Å². The van der Waals surface area contributed by atoms with Gasteiger partial charge >= 0.3 is 0 Å². The van der Waals surface area contributed by atoms with E-state index in [2.05, 4.69) is 5.32 Å². The number of hydrogen-bond donors (Lipinski definition) is 1. The fraction of sp³-hybridized carbons (Fsp3) is 0.188. The molecule has 212 valence electrons. The molecule has 4 aromatic carbocycles. The summed E-state index contributed by atoms with van der Waals surface area (Å²) < 4.78 is 28.9. The Kier molecular flexibility index (Phi) is 9.81. The molecular weight excluding hydrogens is 558 g/mol. The number of hydrogen-bond acceptors (Lipinski definition) is 4. The normalized spacial score (nSPS) is 11.9. The van der Waals surface area contributed by atoms with Crippen LogP contribution in [0, 0.1) is 6.92 Å². The SMILES string of the molecule is CNC(=O)C(Cc1ccccc1)N(Cc1cccc(Cl)c1)C(=O)CN(c1ccccc1)S(=O)(=O)c1ccc(C)cc1. The Labute approximate surface area is 246 Å². The molecule has 41 heavy (non-hydrogen) atoms. The molecule has 4 aromatic rings. The van der Waals surface area contributed by atoms with Crippen molar-refractivity contribution < 1.29 is 18.0 Å². The third kappa shape index (κ3) is 7.54. The van der Waals surface area contributed by atoms with Crippen LogP contribution in [-0.4, -0.2) is 44.8 Å². The van der Waals surface area contributed by atoms with E-state index in [0.29, 0.717) is 16.3 Å². The van der Waals surface area contributed by atoms with Crippen LogP contribution < -0.4 is 9.62 Å². The topological polar surface area (TPSA) is 86.8 Å². The highest BCUT2D eigenvalue weighted by atomic mass is 35.5. The van der Waals surface area contributed by atoms with Crippen molar-refractivity contribution in [1.82, 2.24) is 10.2 Å². The zero-order valence-corrected chi connectivity index (χ0v) is 24.5. The standard InChI is InChI=1S/C32H32ClN3O4S/c1-24-16-18-29(19-17-24)41(39,40)36(28-14-7-4-8-15-28)23-31(37)35(22-26-12-9-13-27(33)20-26)30(32(38)34-2)21-25-10-5-3-6-11-25/h3-20,30H,21-23H2,1-2H3,(H,34,38). The van der Waals surface area contributed by atoms with Crippen LogP contribution in [0.5, 0.6) is 0 Å². The first-order chi connectivity index (χ1) is 19.7. The number of nitrogens with zero attached hydrogens (tertiary/aromatic N) is 2. The highest BCUT2D eigenvalue weighted by Gasteiger charge is 2.34. The molecule has 4 rings (SSSR count). The van der Waals surface area contributed by atoms with E-state index in [1.165, 1.54) is 24.1 Å². The maximum Gasteiger partial charge on any atom is 0.264 e. The van der Waals surface area contributed by atoms with Crippen LogP contribution in [-0.2, 0) is 32.6 Å². The highest BCUT2D eigenvalue weighted by molar-refractivity contribution is 7.92. The van der Waals surface area contributed by atoms with Gasteiger partial charge in [0.2, 0.25) is 11.8 Å². The number of anilines is 1. The molecule has 0 heterocycles. The Morgan fingerprint density at radius 1 is 0.829 bits per heavy atom. The Morgan fingerprint density at radius 3 is 2.05 bits per heavy atom. The molecule has 0 saturated heterocycles. The second-order valence-corrected chi connectivity index (χ2v) is 11.9. The lowest BCUT2D eigenvalue weighted by Crippen LogP contribution is -2.53. The number of aryl methyl sites for hydroxylation is 1. The molecule has 1 atom stereocenters. The van der Waals surface area contributed by atoms with E-state index in [1.54, 1.807) is 60.7 Å². The van der Waals surface area contributed by atoms with Crippen LogP contribution in [0.4, 0.5) is 5.69 Å². The number of carbonyl (C=O) groups excluding carboxylic acids is 2. The average molecular weight is 590 g/mol. The molecule has 9 heteroatoms. The number of halogens is 1. The van der Waals surface area contributed by atoms with Crippen LogP contribution in [0.25, 0.3) is 0 Å². The van der Waals surface area contributed by atoms with Crippen LogP contribution in [0.3, 0.4) is 0 Å². The first-order valence-corrected chi connectivity index (χ1v) is 14.9. The molecule has 0 saturated carbocycles. The van der Waals surface area contributed by atoms with Gasteiger partial charge in [0.1, 0.15) is 12.6 Å². The summed E-state index contributed by atoms with van der Waals surface area (Å²) in [6, 6.07) is 30.5. The van der Waals surface area contributed by atoms with Crippen LogP contribution in [0.2, 0.25) is 5.02 Å². The number of amides is 2. The Bertz CT molecular complexity index is 1580. The molecule has 0 bridgehead atoms. The first-order valence-electron chi connectivity index (χ1n) is 13.1. The lowest BCUT2D eigenvalue weighted by Gasteiger charge is -2.33. The van der Waals surface area contributed by atoms with Crippen LogP contribution in [0.15, 0.2) is 114 Å². The van der Waals surface area contributed by atoms with E-state index in [1.807, 2.05) is 43.3 Å². The highest BCUT2D eigenvalue weighted by Crippen LogP contribution is 2.25. The maximum atomic E-state index is 14.2. The molecule has 0 aliphatic carbocycles. The molecule has 0 aromatic heterocycles. The largest absolute Gasteiger partial charge is 0.357 e. The van der Waals surface area contributed by atoms with Gasteiger partial charge in [-0.25, -0.2) is 8.42 Å². The second kappa shape index (κ2) is 13.5. The van der Waals surface area contributed by atoms with E-state index in [9.17, 15) is 18.0 Å². The number of nitrogens with one attached hydrogen (secondary N) is 1. The molecule has 2 amide bonds. The fourth-order valence-corrected chi connectivity index (χ4v) is 6.14. The molecule has 7 nitrogen and oxygen atoms in total. The van der Waals surface area contributed by atoms with Gasteiger partial charge < -0.3 is 10.2 Å². The molecule has 0 radical (unpaired) electrons. The molecule has 0 spiro atoms. The van der Waals surface area contributed by atoms with Crippen molar-refractivity contribution in [3.8, 4) is 0 Å². The zero-order valence-electron chi connectivity index (χ0n) is 22.9. The van der Waals surface area contributed by atoms with Gasteiger partial charge in [-0.3, -0.25) is 13.9 Å². The number of sulfonamides is 1. The predicted octanol–water partition coefficient (Wildman–Crippen LogP) is 5.23. The van der Waals surface area contributed by atoms with E-state index in [4.69, 9.17) is 11.6 Å². The number of para-hydroxylation sites is 1. The van der Waals surface area contributed by atoms with E-state index in [-0.39, 0.29) is 23.8 Å². The van der Waals surface area contributed by atoms with Gasteiger partial charge in [0, 0.05) is 25.0 Å². The van der Waals surface area contributed by atoms with Crippen LogP contribution >= 0.6 is 11.6 Å². The molecule has 1 N–H and O–H groups in total. The van der Waals surface area contributed by atoms with Crippen molar-refractivity contribution >= 4 is 39.1 Å². The predicted molar refractivity (Wildman–Crippen MR) is 162 cm³/mol. The van der Waals surface area contributed by atoms with Gasteiger partial charge in [0.05, 0.1) is 10.6 Å². The van der Waals surface area contributed by atoms with E-state index >= 15 is 0 Å². The minimum Gasteiger partial charge on any atom is -0.357 e. The number of likely N-dealkylation sites (N-methyl/N-ethyl adjacent to an activating group) is 1. The fourth-order valence-electron chi connectivity index (χ4n) is 4.51. The van der Waals surface area contributed by atoms with Crippen molar-refractivity contribution in [2.75, 3.05) is 17.9 Å². The van der Waals surface area contributed by atoms with Crippen molar-refractivity contribution in [2.45, 2.75) is 30.8 Å². The maximum absolute atomic E-state index is 14.2. The number of benzene rings is 4. The third-order valence-electron chi connectivity index (χ3n) is 6.69. The lowest BCUT2D eigenvalue weighted by atomic mass is 10.0. The molecule has 0 aliphatic rings. The summed E-state index contributed by atoms with van der Waals surface area (Å²) >= 11 is 6.24.